The number of hydrogen-bond acceptors (Lipinski definition) is 4. The second-order valence-corrected chi connectivity index (χ2v) is 6.73. The molecule has 0 saturated carbocycles. The summed E-state index contributed by atoms with van der Waals surface area (Å²) in [6.45, 7) is 1.69. The number of para-hydroxylation sites is 2. The van der Waals surface area contributed by atoms with Crippen molar-refractivity contribution in [3.05, 3.63) is 99.3 Å². The van der Waals surface area contributed by atoms with Gasteiger partial charge in [0.15, 0.2) is 0 Å². The predicted molar refractivity (Wildman–Crippen MR) is 109 cm³/mol. The van der Waals surface area contributed by atoms with E-state index in [2.05, 4.69) is 5.32 Å². The first-order chi connectivity index (χ1) is 14.5. The zero-order chi connectivity index (χ0) is 21.3. The molecule has 1 atom stereocenters. The van der Waals surface area contributed by atoms with Gasteiger partial charge in [-0.1, -0.05) is 24.3 Å². The highest BCUT2D eigenvalue weighted by molar-refractivity contribution is 5.84. The second kappa shape index (κ2) is 7.82. The zero-order valence-corrected chi connectivity index (χ0v) is 16.0. The number of benzene rings is 2. The van der Waals surface area contributed by atoms with Crippen LogP contribution in [0.25, 0.3) is 16.6 Å². The molecule has 1 unspecified atom stereocenters. The Morgan fingerprint density at radius 1 is 1.07 bits per heavy atom. The summed E-state index contributed by atoms with van der Waals surface area (Å²) in [6, 6.07) is 14.4. The molecule has 4 aromatic rings. The van der Waals surface area contributed by atoms with Crippen LogP contribution >= 0.6 is 0 Å². The van der Waals surface area contributed by atoms with Gasteiger partial charge in [-0.05, 0) is 43.3 Å². The first-order valence-corrected chi connectivity index (χ1v) is 9.30. The van der Waals surface area contributed by atoms with Crippen LogP contribution in [0.5, 0.6) is 0 Å². The minimum Gasteiger partial charge on any atom is -0.467 e. The van der Waals surface area contributed by atoms with Crippen LogP contribution in [0.2, 0.25) is 0 Å². The van der Waals surface area contributed by atoms with Crippen LogP contribution in [0.15, 0.2) is 80.9 Å². The van der Waals surface area contributed by atoms with Gasteiger partial charge in [-0.3, -0.25) is 14.2 Å². The number of carbonyl (C=O) groups is 1. The highest BCUT2D eigenvalue weighted by atomic mass is 19.1. The van der Waals surface area contributed by atoms with E-state index in [1.807, 2.05) is 0 Å². The molecule has 2 aromatic heterocycles. The summed E-state index contributed by atoms with van der Waals surface area (Å²) in [5, 5.41) is 2.91. The summed E-state index contributed by atoms with van der Waals surface area (Å²) >= 11 is 0. The van der Waals surface area contributed by atoms with E-state index in [1.54, 1.807) is 43.3 Å². The molecule has 0 fully saturated rings. The number of nitrogens with zero attached hydrogens (tertiary/aromatic N) is 2. The van der Waals surface area contributed by atoms with E-state index in [1.165, 1.54) is 35.1 Å². The minimum atomic E-state index is -0.962. The molecule has 0 radical (unpaired) electrons. The van der Waals surface area contributed by atoms with E-state index in [9.17, 15) is 18.8 Å². The van der Waals surface area contributed by atoms with Crippen molar-refractivity contribution >= 4 is 16.8 Å². The number of halogens is 1. The van der Waals surface area contributed by atoms with E-state index in [4.69, 9.17) is 4.42 Å². The van der Waals surface area contributed by atoms with E-state index in [0.29, 0.717) is 11.3 Å². The van der Waals surface area contributed by atoms with Crippen molar-refractivity contribution in [2.45, 2.75) is 19.5 Å². The number of aromatic nitrogens is 2. The SMILES string of the molecule is CC(C(=O)NCc1ccco1)n1c(=O)n(-c2ccccc2F)c(=O)c2ccccc21. The Morgan fingerprint density at radius 3 is 2.53 bits per heavy atom. The van der Waals surface area contributed by atoms with Crippen molar-refractivity contribution in [3.8, 4) is 5.69 Å². The second-order valence-electron chi connectivity index (χ2n) is 6.73. The molecule has 0 aliphatic rings. The smallest absolute Gasteiger partial charge is 0.336 e. The molecule has 8 heteroatoms. The third-order valence-electron chi connectivity index (χ3n) is 4.87. The monoisotopic (exact) mass is 407 g/mol. The van der Waals surface area contributed by atoms with Gasteiger partial charge in [0.25, 0.3) is 5.56 Å². The molecule has 2 aromatic carbocycles. The number of fused-ring (bicyclic) bond motifs is 1. The molecule has 152 valence electrons. The Morgan fingerprint density at radius 2 is 1.80 bits per heavy atom. The Balaban J connectivity index is 1.87. The van der Waals surface area contributed by atoms with Crippen molar-refractivity contribution in [3.63, 3.8) is 0 Å². The van der Waals surface area contributed by atoms with Crippen LogP contribution in [0, 0.1) is 5.82 Å². The van der Waals surface area contributed by atoms with Gasteiger partial charge in [0.2, 0.25) is 5.91 Å². The maximum absolute atomic E-state index is 14.4. The molecule has 4 rings (SSSR count). The fourth-order valence-electron chi connectivity index (χ4n) is 3.35. The van der Waals surface area contributed by atoms with Crippen LogP contribution in [-0.2, 0) is 11.3 Å². The summed E-state index contributed by atoms with van der Waals surface area (Å²) in [7, 11) is 0. The van der Waals surface area contributed by atoms with E-state index in [-0.39, 0.29) is 17.6 Å². The molecule has 1 amide bonds. The van der Waals surface area contributed by atoms with Gasteiger partial charge in [0.1, 0.15) is 17.6 Å². The summed E-state index contributed by atoms with van der Waals surface area (Å²) in [6.07, 6.45) is 1.49. The standard InChI is InChI=1S/C22H18FN3O4/c1-14(20(27)24-13-15-7-6-12-30-15)25-18-10-4-2-8-16(18)21(28)26(22(25)29)19-11-5-3-9-17(19)23/h2-12,14H,13H2,1H3,(H,24,27). The Hall–Kier alpha value is -3.94. The molecule has 1 N–H and O–H groups in total. The molecule has 0 aliphatic heterocycles. The average Bonchev–Trinajstić information content (AvgIpc) is 3.27. The lowest BCUT2D eigenvalue weighted by Gasteiger charge is -2.19. The topological polar surface area (TPSA) is 86.2 Å². The van der Waals surface area contributed by atoms with Gasteiger partial charge < -0.3 is 9.73 Å². The van der Waals surface area contributed by atoms with E-state index < -0.39 is 29.0 Å². The van der Waals surface area contributed by atoms with Gasteiger partial charge in [-0.15, -0.1) is 0 Å². The van der Waals surface area contributed by atoms with Crippen molar-refractivity contribution in [1.29, 1.82) is 0 Å². The Labute approximate surface area is 170 Å². The van der Waals surface area contributed by atoms with Crippen LogP contribution in [0.3, 0.4) is 0 Å². The van der Waals surface area contributed by atoms with Gasteiger partial charge in [0.05, 0.1) is 29.4 Å². The third-order valence-corrected chi connectivity index (χ3v) is 4.87. The third kappa shape index (κ3) is 3.32. The minimum absolute atomic E-state index is 0.149. The first kappa shape index (κ1) is 19.4. The molecular formula is C22H18FN3O4. The maximum atomic E-state index is 14.4. The molecule has 0 saturated heterocycles. The number of amides is 1. The molecule has 7 nitrogen and oxygen atoms in total. The predicted octanol–water partition coefficient (Wildman–Crippen LogP) is 2.76. The maximum Gasteiger partial charge on any atom is 0.336 e. The molecule has 30 heavy (non-hydrogen) atoms. The van der Waals surface area contributed by atoms with Gasteiger partial charge in [-0.25, -0.2) is 13.8 Å². The van der Waals surface area contributed by atoms with Crippen LogP contribution in [0.1, 0.15) is 18.7 Å². The lowest BCUT2D eigenvalue weighted by Crippen LogP contribution is -2.43. The van der Waals surface area contributed by atoms with E-state index in [0.717, 1.165) is 4.57 Å². The number of furan rings is 1. The lowest BCUT2D eigenvalue weighted by atomic mass is 10.2. The first-order valence-electron chi connectivity index (χ1n) is 9.30. The summed E-state index contributed by atoms with van der Waals surface area (Å²) in [4.78, 5) is 39.1. The molecular weight excluding hydrogens is 389 g/mol. The van der Waals surface area contributed by atoms with Crippen molar-refractivity contribution < 1.29 is 13.6 Å². The molecule has 0 bridgehead atoms. The summed E-state index contributed by atoms with van der Waals surface area (Å²) < 4.78 is 21.6. The fraction of sp³-hybridized carbons (Fsp3) is 0.136. The normalized spacial score (nSPS) is 12.1. The molecule has 2 heterocycles. The van der Waals surface area contributed by atoms with Gasteiger partial charge in [0, 0.05) is 0 Å². The number of carbonyl (C=O) groups excluding carboxylic acids is 1. The quantitative estimate of drug-likeness (QED) is 0.551. The van der Waals surface area contributed by atoms with Crippen molar-refractivity contribution in [1.82, 2.24) is 14.5 Å². The van der Waals surface area contributed by atoms with Gasteiger partial charge in [-0.2, -0.15) is 0 Å². The Bertz CT molecular complexity index is 1340. The van der Waals surface area contributed by atoms with Crippen LogP contribution in [-0.4, -0.2) is 15.0 Å². The molecule has 0 spiro atoms. The van der Waals surface area contributed by atoms with Crippen LogP contribution in [0.4, 0.5) is 4.39 Å². The number of hydrogen-bond donors (Lipinski definition) is 1. The highest BCUT2D eigenvalue weighted by Gasteiger charge is 2.23. The largest absolute Gasteiger partial charge is 0.467 e. The van der Waals surface area contributed by atoms with Crippen molar-refractivity contribution in [2.24, 2.45) is 0 Å². The highest BCUT2D eigenvalue weighted by Crippen LogP contribution is 2.16. The van der Waals surface area contributed by atoms with Gasteiger partial charge >= 0.3 is 5.69 Å². The Kier molecular flexibility index (Phi) is 5.05. The number of rotatable bonds is 5. The van der Waals surface area contributed by atoms with Crippen molar-refractivity contribution in [2.75, 3.05) is 0 Å². The average molecular weight is 407 g/mol. The number of nitrogens with one attached hydrogen (secondary N) is 1. The summed E-state index contributed by atoms with van der Waals surface area (Å²) in [5.74, 6) is -0.602. The molecule has 0 aliphatic carbocycles. The zero-order valence-electron chi connectivity index (χ0n) is 16.0. The lowest BCUT2D eigenvalue weighted by molar-refractivity contribution is -0.124. The summed E-state index contributed by atoms with van der Waals surface area (Å²) in [5.41, 5.74) is -1.33. The fourth-order valence-corrected chi connectivity index (χ4v) is 3.35. The van der Waals surface area contributed by atoms with Crippen LogP contribution < -0.4 is 16.6 Å². The van der Waals surface area contributed by atoms with E-state index >= 15 is 0 Å².